The van der Waals surface area contributed by atoms with Gasteiger partial charge in [0, 0.05) is 69.2 Å². The molecule has 0 radical (unpaired) electrons. The normalized spacial score (nSPS) is 13.9. The van der Waals surface area contributed by atoms with Gasteiger partial charge in [-0.25, -0.2) is 9.18 Å². The molecule has 0 aliphatic carbocycles. The summed E-state index contributed by atoms with van der Waals surface area (Å²) < 4.78 is 29.6. The van der Waals surface area contributed by atoms with Crippen LogP contribution in [0.3, 0.4) is 0 Å². The molecule has 2 aromatic carbocycles. The van der Waals surface area contributed by atoms with Crippen LogP contribution >= 0.6 is 0 Å². The number of benzene rings is 2. The van der Waals surface area contributed by atoms with Crippen molar-refractivity contribution in [1.29, 1.82) is 0 Å². The topological polar surface area (TPSA) is 98.7 Å². The molecule has 9 nitrogen and oxygen atoms in total. The number of rotatable bonds is 11. The van der Waals surface area contributed by atoms with Gasteiger partial charge in [-0.05, 0) is 37.0 Å². The van der Waals surface area contributed by atoms with Gasteiger partial charge in [0.2, 0.25) is 0 Å². The summed E-state index contributed by atoms with van der Waals surface area (Å²) in [6, 6.07) is 11.1. The number of methoxy groups -OCH3 is 1. The highest BCUT2D eigenvalue weighted by atomic mass is 19.1. The van der Waals surface area contributed by atoms with Gasteiger partial charge in [0.05, 0.1) is 7.11 Å². The molecule has 10 heteroatoms. The molecule has 194 valence electrons. The van der Waals surface area contributed by atoms with Gasteiger partial charge in [-0.3, -0.25) is 9.69 Å². The van der Waals surface area contributed by atoms with Crippen molar-refractivity contribution < 1.29 is 33.0 Å². The summed E-state index contributed by atoms with van der Waals surface area (Å²) in [5.74, 6) is 0.0687. The number of hydrogen-bond donors (Lipinski definition) is 1. The van der Waals surface area contributed by atoms with Crippen molar-refractivity contribution in [2.75, 3.05) is 38.8 Å². The van der Waals surface area contributed by atoms with E-state index in [1.807, 2.05) is 12.1 Å². The number of carbonyl (C=O) groups is 2. The molecule has 0 unspecified atom stereocenters. The number of nitrogens with zero attached hydrogens (tertiary/aromatic N) is 2. The van der Waals surface area contributed by atoms with E-state index in [9.17, 15) is 14.0 Å². The lowest BCUT2D eigenvalue weighted by Crippen LogP contribution is -2.37. The molecule has 1 aliphatic heterocycles. The number of anilines is 1. The fraction of sp³-hybridized carbons (Fsp3) is 0.423. The molecular formula is C26H32FN3O6. The number of oxime groups is 1. The Morgan fingerprint density at radius 3 is 2.61 bits per heavy atom. The van der Waals surface area contributed by atoms with Crippen LogP contribution in [0.4, 0.5) is 14.9 Å². The van der Waals surface area contributed by atoms with E-state index in [0.717, 1.165) is 18.4 Å². The molecule has 2 aromatic rings. The monoisotopic (exact) mass is 501 g/mol. The summed E-state index contributed by atoms with van der Waals surface area (Å²) >= 11 is 0. The number of esters is 1. The average Bonchev–Trinajstić information content (AvgIpc) is 2.90. The zero-order valence-corrected chi connectivity index (χ0v) is 20.6. The number of nitrogens with one attached hydrogen (secondary N) is 1. The molecule has 3 rings (SSSR count). The molecule has 2 amide bonds. The fourth-order valence-electron chi connectivity index (χ4n) is 3.46. The lowest BCUT2D eigenvalue weighted by Gasteiger charge is -2.18. The first-order valence-electron chi connectivity index (χ1n) is 11.8. The van der Waals surface area contributed by atoms with Crippen molar-refractivity contribution >= 4 is 23.9 Å². The fourth-order valence-corrected chi connectivity index (χ4v) is 3.46. The summed E-state index contributed by atoms with van der Waals surface area (Å²) in [7, 11) is 2.98. The molecule has 36 heavy (non-hydrogen) atoms. The van der Waals surface area contributed by atoms with E-state index in [0.29, 0.717) is 43.5 Å². The van der Waals surface area contributed by atoms with Crippen molar-refractivity contribution in [3.63, 3.8) is 0 Å². The Labute approximate surface area is 210 Å². The SMILES string of the molecule is COC(=O)CCCNC(=O)N(C)c1ccc(COc2cc(F)cc(O/N=C\C3CCOCC3)c2)cc1. The molecule has 0 aromatic heterocycles. The summed E-state index contributed by atoms with van der Waals surface area (Å²) in [6.07, 6.45) is 4.26. The Morgan fingerprint density at radius 1 is 1.17 bits per heavy atom. The second-order valence-corrected chi connectivity index (χ2v) is 8.34. The molecule has 0 atom stereocenters. The highest BCUT2D eigenvalue weighted by molar-refractivity contribution is 5.91. The summed E-state index contributed by atoms with van der Waals surface area (Å²) in [4.78, 5) is 30.2. The lowest BCUT2D eigenvalue weighted by atomic mass is 10.0. The van der Waals surface area contributed by atoms with Gasteiger partial charge in [0.25, 0.3) is 0 Å². The van der Waals surface area contributed by atoms with Crippen LogP contribution in [0.2, 0.25) is 0 Å². The molecule has 1 N–H and O–H groups in total. The third-order valence-corrected chi connectivity index (χ3v) is 5.64. The minimum atomic E-state index is -0.488. The number of hydrogen-bond acceptors (Lipinski definition) is 7. The number of urea groups is 1. The minimum absolute atomic E-state index is 0.206. The molecule has 1 fully saturated rings. The summed E-state index contributed by atoms with van der Waals surface area (Å²) in [5, 5.41) is 6.74. The van der Waals surface area contributed by atoms with E-state index < -0.39 is 5.82 Å². The second kappa shape index (κ2) is 14.0. The number of halogens is 1. The van der Waals surface area contributed by atoms with Crippen LogP contribution in [0.1, 0.15) is 31.2 Å². The smallest absolute Gasteiger partial charge is 0.321 e. The molecule has 0 spiro atoms. The standard InChI is InChI=1S/C26H32FN3O6/c1-30(26(32)28-11-3-4-25(31)33-2)22-7-5-20(6-8-22)18-35-23-14-21(27)15-24(16-23)36-29-17-19-9-12-34-13-10-19/h5-8,14-17,19H,3-4,9-13,18H2,1-2H3,(H,28,32)/b29-17-. The number of amides is 2. The van der Waals surface area contributed by atoms with Crippen LogP contribution < -0.4 is 19.8 Å². The van der Waals surface area contributed by atoms with Gasteiger partial charge in [0.15, 0.2) is 5.75 Å². The van der Waals surface area contributed by atoms with Crippen molar-refractivity contribution in [1.82, 2.24) is 5.32 Å². The maximum Gasteiger partial charge on any atom is 0.321 e. The quantitative estimate of drug-likeness (QED) is 0.213. The van der Waals surface area contributed by atoms with Gasteiger partial charge in [-0.15, -0.1) is 0 Å². The lowest BCUT2D eigenvalue weighted by molar-refractivity contribution is -0.140. The molecule has 1 saturated heterocycles. The Morgan fingerprint density at radius 2 is 1.89 bits per heavy atom. The third kappa shape index (κ3) is 8.84. The largest absolute Gasteiger partial charge is 0.489 e. The maximum absolute atomic E-state index is 14.0. The Balaban J connectivity index is 1.47. The first-order chi connectivity index (χ1) is 17.4. The van der Waals surface area contributed by atoms with Crippen LogP contribution in [-0.4, -0.2) is 52.1 Å². The van der Waals surface area contributed by atoms with E-state index in [1.165, 1.54) is 24.1 Å². The molecule has 0 saturated carbocycles. The van der Waals surface area contributed by atoms with Gasteiger partial charge >= 0.3 is 12.0 Å². The molecule has 1 heterocycles. The maximum atomic E-state index is 14.0. The average molecular weight is 502 g/mol. The van der Waals surface area contributed by atoms with Gasteiger partial charge in [-0.2, -0.15) is 0 Å². The Bertz CT molecular complexity index is 1020. The van der Waals surface area contributed by atoms with E-state index >= 15 is 0 Å². The van der Waals surface area contributed by atoms with Crippen LogP contribution in [-0.2, 0) is 20.9 Å². The van der Waals surface area contributed by atoms with Crippen molar-refractivity contribution in [2.45, 2.75) is 32.3 Å². The first-order valence-corrected chi connectivity index (χ1v) is 11.8. The van der Waals surface area contributed by atoms with E-state index in [2.05, 4.69) is 15.2 Å². The van der Waals surface area contributed by atoms with Gasteiger partial charge in [0.1, 0.15) is 18.2 Å². The predicted octanol–water partition coefficient (Wildman–Crippen LogP) is 4.29. The van der Waals surface area contributed by atoms with Gasteiger partial charge < -0.3 is 24.4 Å². The summed E-state index contributed by atoms with van der Waals surface area (Å²) in [5.41, 5.74) is 1.53. The zero-order chi connectivity index (χ0) is 25.8. The minimum Gasteiger partial charge on any atom is -0.489 e. The zero-order valence-electron chi connectivity index (χ0n) is 20.6. The predicted molar refractivity (Wildman–Crippen MR) is 133 cm³/mol. The summed E-state index contributed by atoms with van der Waals surface area (Å²) in [6.45, 7) is 1.98. The van der Waals surface area contributed by atoms with Crippen LogP contribution in [0.25, 0.3) is 0 Å². The van der Waals surface area contributed by atoms with Crippen LogP contribution in [0.5, 0.6) is 11.5 Å². The third-order valence-electron chi connectivity index (χ3n) is 5.64. The van der Waals surface area contributed by atoms with Crippen LogP contribution in [0, 0.1) is 11.7 Å². The second-order valence-electron chi connectivity index (χ2n) is 8.34. The van der Waals surface area contributed by atoms with E-state index in [1.54, 1.807) is 31.5 Å². The highest BCUT2D eigenvalue weighted by Gasteiger charge is 2.12. The van der Waals surface area contributed by atoms with E-state index in [4.69, 9.17) is 14.3 Å². The first kappa shape index (κ1) is 26.9. The van der Waals surface area contributed by atoms with Crippen molar-refractivity contribution in [2.24, 2.45) is 11.1 Å². The van der Waals surface area contributed by atoms with E-state index in [-0.39, 0.29) is 30.8 Å². The Hall–Kier alpha value is -3.66. The highest BCUT2D eigenvalue weighted by Crippen LogP contribution is 2.24. The molecule has 1 aliphatic rings. The van der Waals surface area contributed by atoms with Crippen LogP contribution in [0.15, 0.2) is 47.6 Å². The number of carbonyl (C=O) groups excluding carboxylic acids is 2. The Kier molecular flexibility index (Phi) is 10.5. The number of ether oxygens (including phenoxy) is 3. The van der Waals surface area contributed by atoms with Gasteiger partial charge in [-0.1, -0.05) is 17.3 Å². The van der Waals surface area contributed by atoms with Crippen molar-refractivity contribution in [3.05, 3.63) is 53.8 Å². The van der Waals surface area contributed by atoms with Crippen molar-refractivity contribution in [3.8, 4) is 11.5 Å². The molecular weight excluding hydrogens is 469 g/mol. The molecule has 0 bridgehead atoms.